The quantitative estimate of drug-likeness (QED) is 0.903. The van der Waals surface area contributed by atoms with Crippen LogP contribution in [0.5, 0.6) is 11.5 Å². The van der Waals surface area contributed by atoms with E-state index < -0.39 is 5.97 Å². The van der Waals surface area contributed by atoms with E-state index in [4.69, 9.17) is 14.6 Å². The van der Waals surface area contributed by atoms with Crippen molar-refractivity contribution >= 4 is 21.9 Å². The van der Waals surface area contributed by atoms with Crippen LogP contribution in [0, 0.1) is 0 Å². The van der Waals surface area contributed by atoms with E-state index in [0.717, 1.165) is 4.47 Å². The molecule has 0 fully saturated rings. The zero-order valence-corrected chi connectivity index (χ0v) is 12.4. The van der Waals surface area contributed by atoms with Gasteiger partial charge in [0.2, 0.25) is 0 Å². The van der Waals surface area contributed by atoms with E-state index in [1.807, 2.05) is 24.3 Å². The molecule has 0 heterocycles. The Labute approximate surface area is 125 Å². The number of hydrogen-bond donors (Lipinski definition) is 1. The van der Waals surface area contributed by atoms with Gasteiger partial charge in [-0.2, -0.15) is 0 Å². The van der Waals surface area contributed by atoms with Gasteiger partial charge in [0.15, 0.2) is 0 Å². The fourth-order valence-electron chi connectivity index (χ4n) is 1.74. The minimum Gasteiger partial charge on any atom is -0.496 e. The minimum absolute atomic E-state index is 0.205. The van der Waals surface area contributed by atoms with Gasteiger partial charge in [-0.05, 0) is 46.3 Å². The van der Waals surface area contributed by atoms with Crippen LogP contribution >= 0.6 is 15.9 Å². The van der Waals surface area contributed by atoms with Gasteiger partial charge in [-0.3, -0.25) is 0 Å². The highest BCUT2D eigenvalue weighted by molar-refractivity contribution is 9.10. The van der Waals surface area contributed by atoms with Crippen LogP contribution in [0.3, 0.4) is 0 Å². The molecular formula is C15H13BrO4. The van der Waals surface area contributed by atoms with E-state index in [1.165, 1.54) is 13.2 Å². The Morgan fingerprint density at radius 2 is 1.95 bits per heavy atom. The van der Waals surface area contributed by atoms with Crippen molar-refractivity contribution in [2.24, 2.45) is 0 Å². The number of carbonyl (C=O) groups is 1. The van der Waals surface area contributed by atoms with Crippen molar-refractivity contribution in [2.45, 2.75) is 6.61 Å². The van der Waals surface area contributed by atoms with E-state index in [2.05, 4.69) is 15.9 Å². The summed E-state index contributed by atoms with van der Waals surface area (Å²) < 4.78 is 11.7. The Morgan fingerprint density at radius 3 is 2.60 bits per heavy atom. The first-order valence-corrected chi connectivity index (χ1v) is 6.68. The molecule has 0 saturated heterocycles. The van der Waals surface area contributed by atoms with Crippen molar-refractivity contribution in [3.8, 4) is 11.5 Å². The van der Waals surface area contributed by atoms with Crippen molar-refractivity contribution in [1.82, 2.24) is 0 Å². The fraction of sp³-hybridized carbons (Fsp3) is 0.133. The van der Waals surface area contributed by atoms with Crippen molar-refractivity contribution in [3.63, 3.8) is 0 Å². The summed E-state index contributed by atoms with van der Waals surface area (Å²) in [4.78, 5) is 11.0. The molecular weight excluding hydrogens is 324 g/mol. The van der Waals surface area contributed by atoms with Gasteiger partial charge in [0.25, 0.3) is 0 Å². The van der Waals surface area contributed by atoms with E-state index in [9.17, 15) is 4.79 Å². The highest BCUT2D eigenvalue weighted by Crippen LogP contribution is 2.27. The molecule has 0 aliphatic rings. The lowest BCUT2D eigenvalue weighted by molar-refractivity contribution is 0.0696. The first kappa shape index (κ1) is 14.4. The molecule has 2 rings (SSSR count). The van der Waals surface area contributed by atoms with Crippen LogP contribution in [0.25, 0.3) is 0 Å². The number of methoxy groups -OCH3 is 1. The third-order valence-electron chi connectivity index (χ3n) is 2.75. The molecule has 0 spiro atoms. The summed E-state index contributed by atoms with van der Waals surface area (Å²) in [6, 6.07) is 12.1. The lowest BCUT2D eigenvalue weighted by atomic mass is 10.1. The van der Waals surface area contributed by atoms with Crippen molar-refractivity contribution < 1.29 is 19.4 Å². The zero-order valence-electron chi connectivity index (χ0n) is 10.8. The largest absolute Gasteiger partial charge is 0.496 e. The highest BCUT2D eigenvalue weighted by atomic mass is 79.9. The van der Waals surface area contributed by atoms with E-state index in [0.29, 0.717) is 17.1 Å². The Bertz CT molecular complexity index is 625. The van der Waals surface area contributed by atoms with Gasteiger partial charge in [0, 0.05) is 5.56 Å². The Kier molecular flexibility index (Phi) is 4.63. The molecule has 2 aromatic carbocycles. The molecule has 104 valence electrons. The second-order valence-corrected chi connectivity index (χ2v) is 4.91. The SMILES string of the molecule is COc1ccc(C(=O)O)cc1COc1ccccc1Br. The molecule has 4 nitrogen and oxygen atoms in total. The number of rotatable bonds is 5. The van der Waals surface area contributed by atoms with Crippen LogP contribution in [0.1, 0.15) is 15.9 Å². The van der Waals surface area contributed by atoms with Crippen molar-refractivity contribution in [3.05, 3.63) is 58.1 Å². The van der Waals surface area contributed by atoms with Crippen LogP contribution < -0.4 is 9.47 Å². The average Bonchev–Trinajstić information content (AvgIpc) is 2.46. The van der Waals surface area contributed by atoms with Crippen LogP contribution in [-0.4, -0.2) is 18.2 Å². The number of carboxylic acid groups (broad SMARTS) is 1. The predicted octanol–water partition coefficient (Wildman–Crippen LogP) is 3.73. The highest BCUT2D eigenvalue weighted by Gasteiger charge is 2.10. The standard InChI is InChI=1S/C15H13BrO4/c1-19-13-7-6-10(15(17)18)8-11(13)9-20-14-5-3-2-4-12(14)16/h2-8H,9H2,1H3,(H,17,18). The average molecular weight is 337 g/mol. The molecule has 0 unspecified atom stereocenters. The van der Waals surface area contributed by atoms with E-state index in [-0.39, 0.29) is 12.2 Å². The second kappa shape index (κ2) is 6.43. The van der Waals surface area contributed by atoms with Gasteiger partial charge in [0.1, 0.15) is 18.1 Å². The lowest BCUT2D eigenvalue weighted by Gasteiger charge is -2.12. The summed E-state index contributed by atoms with van der Waals surface area (Å²) in [5.41, 5.74) is 0.889. The lowest BCUT2D eigenvalue weighted by Crippen LogP contribution is -2.03. The summed E-state index contributed by atoms with van der Waals surface area (Å²) in [7, 11) is 1.54. The minimum atomic E-state index is -0.977. The second-order valence-electron chi connectivity index (χ2n) is 4.05. The molecule has 1 N–H and O–H groups in total. The Hall–Kier alpha value is -2.01. The fourth-order valence-corrected chi connectivity index (χ4v) is 2.14. The van der Waals surface area contributed by atoms with Crippen LogP contribution in [-0.2, 0) is 6.61 Å². The Morgan fingerprint density at radius 1 is 1.20 bits per heavy atom. The number of benzene rings is 2. The smallest absolute Gasteiger partial charge is 0.335 e. The Balaban J connectivity index is 2.22. The molecule has 0 atom stereocenters. The molecule has 0 aliphatic heterocycles. The first-order valence-electron chi connectivity index (χ1n) is 5.89. The van der Waals surface area contributed by atoms with Crippen LogP contribution in [0.4, 0.5) is 0 Å². The van der Waals surface area contributed by atoms with Gasteiger partial charge < -0.3 is 14.6 Å². The van der Waals surface area contributed by atoms with Gasteiger partial charge in [-0.25, -0.2) is 4.79 Å². The maximum atomic E-state index is 11.0. The summed E-state index contributed by atoms with van der Waals surface area (Å²) in [6.45, 7) is 0.229. The van der Waals surface area contributed by atoms with Crippen LogP contribution in [0.15, 0.2) is 46.9 Å². The van der Waals surface area contributed by atoms with Gasteiger partial charge in [-0.1, -0.05) is 12.1 Å². The van der Waals surface area contributed by atoms with Gasteiger partial charge >= 0.3 is 5.97 Å². The van der Waals surface area contributed by atoms with E-state index >= 15 is 0 Å². The summed E-state index contributed by atoms with van der Waals surface area (Å²) in [5.74, 6) is 0.312. The molecule has 0 radical (unpaired) electrons. The van der Waals surface area contributed by atoms with Gasteiger partial charge in [-0.15, -0.1) is 0 Å². The van der Waals surface area contributed by atoms with Crippen molar-refractivity contribution in [1.29, 1.82) is 0 Å². The third-order valence-corrected chi connectivity index (χ3v) is 3.40. The third kappa shape index (κ3) is 3.30. The number of ether oxygens (including phenoxy) is 2. The zero-order chi connectivity index (χ0) is 14.5. The number of carboxylic acids is 1. The van der Waals surface area contributed by atoms with Gasteiger partial charge in [0.05, 0.1) is 17.1 Å². The summed E-state index contributed by atoms with van der Waals surface area (Å²) in [5, 5.41) is 9.01. The topological polar surface area (TPSA) is 55.8 Å². The molecule has 5 heteroatoms. The monoisotopic (exact) mass is 336 g/mol. The maximum Gasteiger partial charge on any atom is 0.335 e. The molecule has 20 heavy (non-hydrogen) atoms. The maximum absolute atomic E-state index is 11.0. The number of para-hydroxylation sites is 1. The first-order chi connectivity index (χ1) is 9.61. The summed E-state index contributed by atoms with van der Waals surface area (Å²) in [6.07, 6.45) is 0. The number of aromatic carboxylic acids is 1. The molecule has 0 bridgehead atoms. The number of halogens is 1. The molecule has 0 aromatic heterocycles. The molecule has 0 amide bonds. The van der Waals surface area contributed by atoms with Crippen LogP contribution in [0.2, 0.25) is 0 Å². The predicted molar refractivity (Wildman–Crippen MR) is 78.4 cm³/mol. The molecule has 0 saturated carbocycles. The number of hydrogen-bond acceptors (Lipinski definition) is 3. The molecule has 0 aliphatic carbocycles. The molecule has 2 aromatic rings. The normalized spacial score (nSPS) is 10.1. The van der Waals surface area contributed by atoms with E-state index in [1.54, 1.807) is 12.1 Å². The summed E-state index contributed by atoms with van der Waals surface area (Å²) >= 11 is 3.39. The van der Waals surface area contributed by atoms with Crippen molar-refractivity contribution in [2.75, 3.05) is 7.11 Å².